The largest absolute Gasteiger partial charge is 0.361 e. The first-order chi connectivity index (χ1) is 11.2. The third-order valence-corrected chi connectivity index (χ3v) is 4.22. The summed E-state index contributed by atoms with van der Waals surface area (Å²) in [7, 11) is 1.78. The van der Waals surface area contributed by atoms with Gasteiger partial charge in [-0.1, -0.05) is 25.9 Å². The summed E-state index contributed by atoms with van der Waals surface area (Å²) in [6, 6.07) is -0.138. The van der Waals surface area contributed by atoms with Crippen LogP contribution in [0.1, 0.15) is 37.8 Å². The lowest BCUT2D eigenvalue weighted by Gasteiger charge is -2.33. The van der Waals surface area contributed by atoms with Crippen LogP contribution in [0.2, 0.25) is 0 Å². The second-order valence-electron chi connectivity index (χ2n) is 7.29. The smallest absolute Gasteiger partial charge is 0.317 e. The van der Waals surface area contributed by atoms with Crippen LogP contribution in [0.15, 0.2) is 23.2 Å². The van der Waals surface area contributed by atoms with Gasteiger partial charge in [-0.15, -0.1) is 0 Å². The van der Waals surface area contributed by atoms with Gasteiger partial charge in [-0.3, -0.25) is 0 Å². The van der Waals surface area contributed by atoms with E-state index >= 15 is 0 Å². The van der Waals surface area contributed by atoms with E-state index in [4.69, 9.17) is 4.52 Å². The molecule has 7 heteroatoms. The van der Waals surface area contributed by atoms with Gasteiger partial charge in [0.1, 0.15) is 5.76 Å². The molecule has 0 radical (unpaired) electrons. The summed E-state index contributed by atoms with van der Waals surface area (Å²) in [4.78, 5) is 18.3. The Labute approximate surface area is 143 Å². The van der Waals surface area contributed by atoms with E-state index in [0.29, 0.717) is 13.1 Å². The Morgan fingerprint density at radius 3 is 2.62 bits per heavy atom. The third kappa shape index (κ3) is 4.37. The number of aromatic nitrogens is 3. The van der Waals surface area contributed by atoms with Crippen molar-refractivity contribution in [2.75, 3.05) is 7.05 Å². The summed E-state index contributed by atoms with van der Waals surface area (Å²) in [6.07, 6.45) is 5.40. The summed E-state index contributed by atoms with van der Waals surface area (Å²) in [5, 5.41) is 7.07. The highest BCUT2D eigenvalue weighted by molar-refractivity contribution is 5.74. The van der Waals surface area contributed by atoms with E-state index in [0.717, 1.165) is 17.0 Å². The second kappa shape index (κ2) is 7.07. The zero-order valence-electron chi connectivity index (χ0n) is 15.3. The maximum absolute atomic E-state index is 12.6. The van der Waals surface area contributed by atoms with Gasteiger partial charge < -0.3 is 19.3 Å². The first-order valence-electron chi connectivity index (χ1n) is 8.07. The SMILES string of the molecule is Cc1noc(C)c1CN(C)C(=O)NC(Cn1ccnc1)C(C)(C)C. The van der Waals surface area contributed by atoms with Gasteiger partial charge in [-0.05, 0) is 19.3 Å². The molecule has 2 aromatic rings. The number of nitrogens with zero attached hydrogens (tertiary/aromatic N) is 4. The number of imidazole rings is 1. The van der Waals surface area contributed by atoms with Crippen molar-refractivity contribution in [3.8, 4) is 0 Å². The number of urea groups is 1. The lowest BCUT2D eigenvalue weighted by Crippen LogP contribution is -2.50. The molecule has 2 amide bonds. The molecule has 0 saturated heterocycles. The van der Waals surface area contributed by atoms with Crippen LogP contribution < -0.4 is 5.32 Å². The van der Waals surface area contributed by atoms with Gasteiger partial charge in [0.15, 0.2) is 0 Å². The van der Waals surface area contributed by atoms with Crippen molar-refractivity contribution in [1.82, 2.24) is 24.9 Å². The Kier molecular flexibility index (Phi) is 5.31. The molecule has 1 atom stereocenters. The Balaban J connectivity index is 2.04. The normalized spacial score (nSPS) is 12.9. The second-order valence-corrected chi connectivity index (χ2v) is 7.29. The fraction of sp³-hybridized carbons (Fsp3) is 0.588. The number of hydrogen-bond donors (Lipinski definition) is 1. The summed E-state index contributed by atoms with van der Waals surface area (Å²) in [6.45, 7) is 11.2. The maximum atomic E-state index is 12.6. The molecule has 0 aliphatic rings. The van der Waals surface area contributed by atoms with Gasteiger partial charge in [0, 0.05) is 31.5 Å². The number of amides is 2. The highest BCUT2D eigenvalue weighted by Crippen LogP contribution is 2.21. The minimum absolute atomic E-state index is 0.0219. The van der Waals surface area contributed by atoms with Crippen molar-refractivity contribution >= 4 is 6.03 Å². The topological polar surface area (TPSA) is 76.2 Å². The fourth-order valence-electron chi connectivity index (χ4n) is 2.44. The molecule has 2 rings (SSSR count). The number of aryl methyl sites for hydroxylation is 2. The highest BCUT2D eigenvalue weighted by atomic mass is 16.5. The standard InChI is InChI=1S/C17H27N5O2/c1-12-14(13(2)24-20-12)9-21(6)16(23)19-15(17(3,4)5)10-22-8-7-18-11-22/h7-8,11,15H,9-10H2,1-6H3,(H,19,23). The van der Waals surface area contributed by atoms with Crippen molar-refractivity contribution in [2.24, 2.45) is 5.41 Å². The van der Waals surface area contributed by atoms with Crippen LogP contribution >= 0.6 is 0 Å². The van der Waals surface area contributed by atoms with Gasteiger partial charge in [-0.2, -0.15) is 0 Å². The molecule has 2 aromatic heterocycles. The van der Waals surface area contributed by atoms with Crippen LogP contribution in [0.4, 0.5) is 4.79 Å². The molecular weight excluding hydrogens is 306 g/mol. The molecule has 0 aliphatic carbocycles. The summed E-state index contributed by atoms with van der Waals surface area (Å²) >= 11 is 0. The Bertz CT molecular complexity index is 650. The third-order valence-electron chi connectivity index (χ3n) is 4.22. The van der Waals surface area contributed by atoms with E-state index in [1.807, 2.05) is 24.6 Å². The highest BCUT2D eigenvalue weighted by Gasteiger charge is 2.28. The van der Waals surface area contributed by atoms with Crippen molar-refractivity contribution < 1.29 is 9.32 Å². The van der Waals surface area contributed by atoms with Crippen molar-refractivity contribution in [3.05, 3.63) is 35.7 Å². The number of carbonyl (C=O) groups is 1. The predicted octanol–water partition coefficient (Wildman–Crippen LogP) is 2.74. The molecule has 0 bridgehead atoms. The van der Waals surface area contributed by atoms with Crippen molar-refractivity contribution in [3.63, 3.8) is 0 Å². The maximum Gasteiger partial charge on any atom is 0.317 e. The van der Waals surface area contributed by atoms with E-state index in [9.17, 15) is 4.79 Å². The fourth-order valence-corrected chi connectivity index (χ4v) is 2.44. The molecule has 0 aromatic carbocycles. The van der Waals surface area contributed by atoms with E-state index in [1.54, 1.807) is 24.5 Å². The summed E-state index contributed by atoms with van der Waals surface area (Å²) in [5.41, 5.74) is 1.69. The van der Waals surface area contributed by atoms with Crippen molar-refractivity contribution in [1.29, 1.82) is 0 Å². The van der Waals surface area contributed by atoms with Gasteiger partial charge >= 0.3 is 6.03 Å². The zero-order chi connectivity index (χ0) is 17.9. The molecule has 0 fully saturated rings. The van der Waals surface area contributed by atoms with Crippen LogP contribution in [-0.2, 0) is 13.1 Å². The lowest BCUT2D eigenvalue weighted by molar-refractivity contribution is 0.181. The molecule has 132 valence electrons. The van der Waals surface area contributed by atoms with Crippen LogP contribution in [0, 0.1) is 19.3 Å². The van der Waals surface area contributed by atoms with Gasteiger partial charge in [0.2, 0.25) is 0 Å². The molecular formula is C17H27N5O2. The predicted molar refractivity (Wildman–Crippen MR) is 91.4 cm³/mol. The zero-order valence-corrected chi connectivity index (χ0v) is 15.3. The average Bonchev–Trinajstić information content (AvgIpc) is 3.10. The van der Waals surface area contributed by atoms with E-state index < -0.39 is 0 Å². The number of hydrogen-bond acceptors (Lipinski definition) is 4. The average molecular weight is 333 g/mol. The summed E-state index contributed by atoms with van der Waals surface area (Å²) < 4.78 is 7.14. The minimum Gasteiger partial charge on any atom is -0.361 e. The molecule has 0 saturated carbocycles. The molecule has 1 N–H and O–H groups in total. The van der Waals surface area contributed by atoms with Gasteiger partial charge in [0.05, 0.1) is 24.6 Å². The Hall–Kier alpha value is -2.31. The van der Waals surface area contributed by atoms with Gasteiger partial charge in [-0.25, -0.2) is 9.78 Å². The van der Waals surface area contributed by atoms with Crippen LogP contribution in [0.25, 0.3) is 0 Å². The molecule has 7 nitrogen and oxygen atoms in total. The van der Waals surface area contributed by atoms with Crippen molar-refractivity contribution in [2.45, 2.75) is 53.8 Å². The number of nitrogens with one attached hydrogen (secondary N) is 1. The lowest BCUT2D eigenvalue weighted by atomic mass is 9.86. The van der Waals surface area contributed by atoms with E-state index in [2.05, 4.69) is 36.2 Å². The number of rotatable bonds is 5. The Morgan fingerprint density at radius 2 is 2.12 bits per heavy atom. The molecule has 0 aliphatic heterocycles. The first-order valence-corrected chi connectivity index (χ1v) is 8.07. The van der Waals surface area contributed by atoms with Crippen LogP contribution in [0.3, 0.4) is 0 Å². The van der Waals surface area contributed by atoms with E-state index in [1.165, 1.54) is 0 Å². The van der Waals surface area contributed by atoms with Crippen LogP contribution in [-0.4, -0.2) is 38.7 Å². The molecule has 2 heterocycles. The molecule has 1 unspecified atom stereocenters. The number of carbonyl (C=O) groups excluding carboxylic acids is 1. The monoisotopic (exact) mass is 333 g/mol. The minimum atomic E-state index is -0.116. The summed E-state index contributed by atoms with van der Waals surface area (Å²) in [5.74, 6) is 0.748. The molecule has 24 heavy (non-hydrogen) atoms. The van der Waals surface area contributed by atoms with Crippen LogP contribution in [0.5, 0.6) is 0 Å². The molecule has 0 spiro atoms. The first kappa shape index (κ1) is 18.0. The van der Waals surface area contributed by atoms with E-state index in [-0.39, 0.29) is 17.5 Å². The van der Waals surface area contributed by atoms with Gasteiger partial charge in [0.25, 0.3) is 0 Å². The quantitative estimate of drug-likeness (QED) is 0.913. The Morgan fingerprint density at radius 1 is 1.42 bits per heavy atom.